The van der Waals surface area contributed by atoms with Gasteiger partial charge in [0.2, 0.25) is 5.75 Å². The SMILES string of the molecule is CCCc1ccc(CCc2cc(F)c(CCc3cc(F)c(OC(F)(F)F)c(F)c3)c(F)c2)cc1. The highest BCUT2D eigenvalue weighted by Crippen LogP contribution is 2.30. The molecule has 0 N–H and O–H groups in total. The predicted octanol–water partition coefficient (Wildman–Crippen LogP) is 7.66. The quantitative estimate of drug-likeness (QED) is 0.283. The van der Waals surface area contributed by atoms with E-state index in [4.69, 9.17) is 0 Å². The molecule has 0 radical (unpaired) electrons. The van der Waals surface area contributed by atoms with Crippen LogP contribution in [0.4, 0.5) is 30.7 Å². The zero-order chi connectivity index (χ0) is 24.9. The summed E-state index contributed by atoms with van der Waals surface area (Å²) in [4.78, 5) is 0. The van der Waals surface area contributed by atoms with Gasteiger partial charge in [-0.15, -0.1) is 13.2 Å². The van der Waals surface area contributed by atoms with E-state index in [1.807, 2.05) is 24.3 Å². The second kappa shape index (κ2) is 10.9. The maximum Gasteiger partial charge on any atom is 0.573 e. The van der Waals surface area contributed by atoms with Crippen LogP contribution in [0, 0.1) is 23.3 Å². The molecule has 0 atom stereocenters. The molecule has 1 nitrogen and oxygen atoms in total. The van der Waals surface area contributed by atoms with Crippen LogP contribution in [0.3, 0.4) is 0 Å². The maximum absolute atomic E-state index is 14.6. The van der Waals surface area contributed by atoms with Crippen LogP contribution in [-0.4, -0.2) is 6.36 Å². The predicted molar refractivity (Wildman–Crippen MR) is 115 cm³/mol. The maximum atomic E-state index is 14.6. The van der Waals surface area contributed by atoms with Crippen molar-refractivity contribution in [1.82, 2.24) is 0 Å². The second-order valence-corrected chi connectivity index (χ2v) is 8.04. The van der Waals surface area contributed by atoms with Crippen molar-refractivity contribution in [1.29, 1.82) is 0 Å². The molecular weight excluding hydrogens is 461 g/mol. The Balaban J connectivity index is 1.65. The zero-order valence-electron chi connectivity index (χ0n) is 18.4. The summed E-state index contributed by atoms with van der Waals surface area (Å²) in [6.45, 7) is 2.10. The van der Waals surface area contributed by atoms with Crippen LogP contribution in [0.2, 0.25) is 0 Å². The zero-order valence-corrected chi connectivity index (χ0v) is 18.4. The molecule has 0 aromatic heterocycles. The molecule has 0 saturated heterocycles. The fraction of sp³-hybridized carbons (Fsp3) is 0.308. The Kier molecular flexibility index (Phi) is 8.23. The first kappa shape index (κ1) is 25.6. The van der Waals surface area contributed by atoms with Gasteiger partial charge >= 0.3 is 6.36 Å². The van der Waals surface area contributed by atoms with E-state index in [0.717, 1.165) is 18.4 Å². The van der Waals surface area contributed by atoms with E-state index in [2.05, 4.69) is 11.7 Å². The highest BCUT2D eigenvalue weighted by molar-refractivity contribution is 5.33. The van der Waals surface area contributed by atoms with Gasteiger partial charge in [0.05, 0.1) is 0 Å². The van der Waals surface area contributed by atoms with Gasteiger partial charge < -0.3 is 4.74 Å². The Morgan fingerprint density at radius 1 is 0.588 bits per heavy atom. The lowest BCUT2D eigenvalue weighted by Crippen LogP contribution is -2.19. The fourth-order valence-corrected chi connectivity index (χ4v) is 3.73. The molecule has 0 fully saturated rings. The van der Waals surface area contributed by atoms with Gasteiger partial charge in [-0.05, 0) is 78.6 Å². The van der Waals surface area contributed by atoms with Crippen molar-refractivity contribution in [2.75, 3.05) is 0 Å². The first-order valence-electron chi connectivity index (χ1n) is 10.8. The number of alkyl halides is 3. The monoisotopic (exact) mass is 484 g/mol. The highest BCUT2D eigenvalue weighted by atomic mass is 19.4. The van der Waals surface area contributed by atoms with E-state index in [-0.39, 0.29) is 24.0 Å². The van der Waals surface area contributed by atoms with E-state index >= 15 is 0 Å². The van der Waals surface area contributed by atoms with Crippen molar-refractivity contribution < 1.29 is 35.5 Å². The third-order valence-electron chi connectivity index (χ3n) is 5.40. The number of aryl methyl sites for hydroxylation is 4. The van der Waals surface area contributed by atoms with Crippen LogP contribution in [0.5, 0.6) is 5.75 Å². The summed E-state index contributed by atoms with van der Waals surface area (Å²) in [6, 6.07) is 11.8. The van der Waals surface area contributed by atoms with Gasteiger partial charge in [-0.3, -0.25) is 0 Å². The van der Waals surface area contributed by atoms with Crippen molar-refractivity contribution in [3.8, 4) is 5.75 Å². The van der Waals surface area contributed by atoms with Crippen molar-refractivity contribution in [3.05, 3.63) is 99.6 Å². The van der Waals surface area contributed by atoms with Gasteiger partial charge in [0, 0.05) is 5.56 Å². The third kappa shape index (κ3) is 6.98. The number of hydrogen-bond donors (Lipinski definition) is 0. The summed E-state index contributed by atoms with van der Waals surface area (Å²) in [5.41, 5.74) is 2.44. The van der Waals surface area contributed by atoms with Gasteiger partial charge in [0.25, 0.3) is 0 Å². The molecular formula is C26H23F7O. The van der Waals surface area contributed by atoms with E-state index in [1.54, 1.807) is 0 Å². The molecule has 0 heterocycles. The molecule has 0 amide bonds. The van der Waals surface area contributed by atoms with E-state index < -0.39 is 35.4 Å². The molecule has 3 rings (SSSR count). The van der Waals surface area contributed by atoms with Crippen molar-refractivity contribution in [2.24, 2.45) is 0 Å². The van der Waals surface area contributed by atoms with Crippen LogP contribution < -0.4 is 4.74 Å². The molecule has 0 spiro atoms. The van der Waals surface area contributed by atoms with Gasteiger partial charge in [-0.25, -0.2) is 17.6 Å². The van der Waals surface area contributed by atoms with Crippen LogP contribution in [0.15, 0.2) is 48.5 Å². The molecule has 0 bridgehead atoms. The van der Waals surface area contributed by atoms with Gasteiger partial charge in [0.15, 0.2) is 11.6 Å². The average molecular weight is 484 g/mol. The Morgan fingerprint density at radius 2 is 1.00 bits per heavy atom. The largest absolute Gasteiger partial charge is 0.573 e. The first-order chi connectivity index (χ1) is 16.1. The minimum atomic E-state index is -5.25. The lowest BCUT2D eigenvalue weighted by atomic mass is 9.98. The van der Waals surface area contributed by atoms with Crippen LogP contribution in [-0.2, 0) is 32.1 Å². The number of halogens is 7. The van der Waals surface area contributed by atoms with Gasteiger partial charge in [0.1, 0.15) is 11.6 Å². The lowest BCUT2D eigenvalue weighted by Gasteiger charge is -2.12. The highest BCUT2D eigenvalue weighted by Gasteiger charge is 2.34. The Hall–Kier alpha value is -3.03. The normalized spacial score (nSPS) is 11.6. The number of ether oxygens (including phenoxy) is 1. The van der Waals surface area contributed by atoms with Gasteiger partial charge in [-0.2, -0.15) is 0 Å². The van der Waals surface area contributed by atoms with Crippen LogP contribution in [0.1, 0.15) is 41.2 Å². The van der Waals surface area contributed by atoms with Crippen molar-refractivity contribution in [2.45, 2.75) is 51.8 Å². The fourth-order valence-electron chi connectivity index (χ4n) is 3.73. The third-order valence-corrected chi connectivity index (χ3v) is 5.40. The van der Waals surface area contributed by atoms with E-state index in [0.29, 0.717) is 30.5 Å². The summed E-state index contributed by atoms with van der Waals surface area (Å²) >= 11 is 0. The second-order valence-electron chi connectivity index (χ2n) is 8.04. The molecule has 182 valence electrons. The van der Waals surface area contributed by atoms with Gasteiger partial charge in [-0.1, -0.05) is 37.6 Å². The molecule has 3 aromatic carbocycles. The summed E-state index contributed by atoms with van der Waals surface area (Å²) in [5, 5.41) is 0. The van der Waals surface area contributed by atoms with Crippen molar-refractivity contribution >= 4 is 0 Å². The Morgan fingerprint density at radius 3 is 1.47 bits per heavy atom. The number of rotatable bonds is 9. The molecule has 8 heteroatoms. The molecule has 0 aliphatic carbocycles. The summed E-state index contributed by atoms with van der Waals surface area (Å²) < 4.78 is 96.9. The smallest absolute Gasteiger partial charge is 0.399 e. The van der Waals surface area contributed by atoms with E-state index in [9.17, 15) is 30.7 Å². The topological polar surface area (TPSA) is 9.23 Å². The number of hydrogen-bond acceptors (Lipinski definition) is 1. The molecule has 0 saturated carbocycles. The Labute approximate surface area is 193 Å². The van der Waals surface area contributed by atoms with E-state index in [1.165, 1.54) is 17.7 Å². The minimum Gasteiger partial charge on any atom is -0.399 e. The number of benzene rings is 3. The average Bonchev–Trinajstić information content (AvgIpc) is 2.75. The molecule has 34 heavy (non-hydrogen) atoms. The van der Waals surface area contributed by atoms with Crippen LogP contribution in [0.25, 0.3) is 0 Å². The summed E-state index contributed by atoms with van der Waals surface area (Å²) in [7, 11) is 0. The van der Waals surface area contributed by atoms with Crippen LogP contribution >= 0.6 is 0 Å². The molecule has 3 aromatic rings. The van der Waals surface area contributed by atoms with Crippen molar-refractivity contribution in [3.63, 3.8) is 0 Å². The molecule has 0 aliphatic heterocycles. The standard InChI is InChI=1S/C26H23F7O/c1-2-3-16-4-6-17(7-5-16)8-9-18-12-21(27)20(22(28)13-18)11-10-19-14-23(29)25(24(30)15-19)34-26(31,32)33/h4-7,12-15H,2-3,8-11H2,1H3. The molecule has 0 unspecified atom stereocenters. The Bertz CT molecular complexity index is 1070. The lowest BCUT2D eigenvalue weighted by molar-refractivity contribution is -0.276. The summed E-state index contributed by atoms with van der Waals surface area (Å²) in [5.74, 6) is -6.24. The first-order valence-corrected chi connectivity index (χ1v) is 10.8. The minimum absolute atomic E-state index is 0.0566. The summed E-state index contributed by atoms with van der Waals surface area (Å²) in [6.07, 6.45) is -2.59. The molecule has 0 aliphatic rings.